The van der Waals surface area contributed by atoms with E-state index in [-0.39, 0.29) is 25.7 Å². The van der Waals surface area contributed by atoms with Crippen molar-refractivity contribution >= 4 is 44.8 Å². The number of hydrogen-bond acceptors (Lipinski definition) is 7. The highest BCUT2D eigenvalue weighted by Gasteiger charge is 2.52. The van der Waals surface area contributed by atoms with Gasteiger partial charge in [0, 0.05) is 47.4 Å². The van der Waals surface area contributed by atoms with Gasteiger partial charge in [-0.2, -0.15) is 0 Å². The lowest BCUT2D eigenvalue weighted by Crippen LogP contribution is -2.44. The molecule has 0 unspecified atom stereocenters. The summed E-state index contributed by atoms with van der Waals surface area (Å²) in [5.74, 6) is -0.488. The Morgan fingerprint density at radius 3 is 2.77 bits per heavy atom. The molecule has 0 aliphatic carbocycles. The smallest absolute Gasteiger partial charge is 0.269 e. The molecule has 2 atom stereocenters. The number of aliphatic hydroxyl groups excluding tert-OH is 1. The number of rotatable bonds is 10. The topological polar surface area (TPSA) is 121 Å². The van der Waals surface area contributed by atoms with E-state index in [0.29, 0.717) is 47.8 Å². The van der Waals surface area contributed by atoms with E-state index in [9.17, 15) is 14.7 Å². The zero-order valence-electron chi connectivity index (χ0n) is 24.1. The molecule has 2 aliphatic heterocycles. The third-order valence-corrected chi connectivity index (χ3v) is 8.50. The molecule has 0 spiro atoms. The number of ether oxygens (including phenoxy) is 1. The van der Waals surface area contributed by atoms with Crippen molar-refractivity contribution < 1.29 is 24.5 Å². The average molecular weight is 659 g/mol. The largest absolute Gasteiger partial charge is 0.482 e. The third kappa shape index (κ3) is 5.54. The third-order valence-electron chi connectivity index (χ3n) is 8.01. The second-order valence-electron chi connectivity index (χ2n) is 10.9. The molecule has 0 fully saturated rings. The van der Waals surface area contributed by atoms with Crippen molar-refractivity contribution in [3.63, 3.8) is 0 Å². The van der Waals surface area contributed by atoms with Crippen LogP contribution < -0.4 is 14.5 Å². The molecular weight excluding hydrogens is 626 g/mol. The highest BCUT2D eigenvalue weighted by molar-refractivity contribution is 9.10. The van der Waals surface area contributed by atoms with Gasteiger partial charge >= 0.3 is 0 Å². The van der Waals surface area contributed by atoms with Crippen LogP contribution in [0.5, 0.6) is 5.75 Å². The Kier molecular flexibility index (Phi) is 8.35. The van der Waals surface area contributed by atoms with Gasteiger partial charge in [-0.05, 0) is 54.4 Å². The summed E-state index contributed by atoms with van der Waals surface area (Å²) in [6.45, 7) is 2.58. The summed E-state index contributed by atoms with van der Waals surface area (Å²) in [6.07, 6.45) is 6.68. The molecule has 10 nitrogen and oxygen atoms in total. The number of carbonyl (C=O) groups excluding carboxylic acids is 2. The van der Waals surface area contributed by atoms with Gasteiger partial charge in [-0.1, -0.05) is 64.5 Å². The molecule has 3 aromatic carbocycles. The molecule has 0 radical (unpaired) electrons. The van der Waals surface area contributed by atoms with Crippen LogP contribution in [0.3, 0.4) is 0 Å². The van der Waals surface area contributed by atoms with Gasteiger partial charge in [0.15, 0.2) is 12.2 Å². The van der Waals surface area contributed by atoms with E-state index in [4.69, 9.17) is 9.84 Å². The molecule has 4 aromatic rings. The molecule has 226 valence electrons. The number of aromatic nitrogens is 3. The Morgan fingerprint density at radius 2 is 1.93 bits per heavy atom. The predicted octanol–water partition coefficient (Wildman–Crippen LogP) is 4.65. The van der Waals surface area contributed by atoms with E-state index in [1.165, 1.54) is 0 Å². The van der Waals surface area contributed by atoms with Gasteiger partial charge in [0.25, 0.3) is 11.8 Å². The Balaban J connectivity index is 1.23. The van der Waals surface area contributed by atoms with Gasteiger partial charge in [0.1, 0.15) is 5.75 Å². The van der Waals surface area contributed by atoms with Crippen LogP contribution in [-0.2, 0) is 34.7 Å². The first-order valence-corrected chi connectivity index (χ1v) is 15.2. The van der Waals surface area contributed by atoms with E-state index >= 15 is 0 Å². The zero-order valence-corrected chi connectivity index (χ0v) is 25.7. The number of amides is 2. The molecule has 2 aliphatic rings. The number of allylic oxidation sites excluding steroid dienone is 1. The number of nitrogens with zero attached hydrogens (tertiary/aromatic N) is 5. The van der Waals surface area contributed by atoms with Crippen LogP contribution in [0.2, 0.25) is 0 Å². The normalized spacial score (nSPS) is 18.5. The number of benzene rings is 3. The van der Waals surface area contributed by atoms with Crippen molar-refractivity contribution in [3.05, 3.63) is 106 Å². The quantitative estimate of drug-likeness (QED) is 0.238. The van der Waals surface area contributed by atoms with Gasteiger partial charge in [0.2, 0.25) is 0 Å². The second-order valence-corrected chi connectivity index (χ2v) is 11.8. The standard InChI is InChI=1S/C33H32BrN5O5/c1-22(7-4-5-15-37-20-25(14-16-40)35-36-37)33(43)27-18-24(34)12-13-28(27)38(32(33)42)19-23-8-6-9-26(17-23)39-29-10-2-3-11-30(29)44-21-31(39)41/h2-4,6-13,17-18,20,22,40,43H,5,14-16,19,21H2,1H3/b7-4+/t22-,33+/m1/s1. The minimum atomic E-state index is -1.77. The van der Waals surface area contributed by atoms with Crippen LogP contribution in [0.1, 0.15) is 30.2 Å². The van der Waals surface area contributed by atoms with Crippen LogP contribution in [0.25, 0.3) is 0 Å². The summed E-state index contributed by atoms with van der Waals surface area (Å²) in [4.78, 5) is 30.2. The van der Waals surface area contributed by atoms with Crippen molar-refractivity contribution in [3.8, 4) is 5.75 Å². The van der Waals surface area contributed by atoms with Gasteiger partial charge in [-0.15, -0.1) is 5.10 Å². The Labute approximate surface area is 263 Å². The van der Waals surface area contributed by atoms with E-state index in [1.807, 2.05) is 79.7 Å². The maximum Gasteiger partial charge on any atom is 0.269 e. The first-order valence-electron chi connectivity index (χ1n) is 14.4. The zero-order chi connectivity index (χ0) is 30.8. The summed E-state index contributed by atoms with van der Waals surface area (Å²) < 4.78 is 8.07. The van der Waals surface area contributed by atoms with Crippen molar-refractivity contribution in [1.82, 2.24) is 15.0 Å². The van der Waals surface area contributed by atoms with Crippen LogP contribution in [0.4, 0.5) is 17.1 Å². The Hall–Kier alpha value is -4.32. The van der Waals surface area contributed by atoms with Crippen molar-refractivity contribution in [1.29, 1.82) is 0 Å². The maximum absolute atomic E-state index is 14.1. The molecule has 6 rings (SSSR count). The number of carbonyl (C=O) groups is 2. The minimum Gasteiger partial charge on any atom is -0.482 e. The fourth-order valence-corrected chi connectivity index (χ4v) is 6.12. The summed E-state index contributed by atoms with van der Waals surface area (Å²) in [6, 6.07) is 20.4. The van der Waals surface area contributed by atoms with E-state index in [0.717, 1.165) is 15.7 Å². The molecular formula is C33H32BrN5O5. The molecule has 0 saturated carbocycles. The Bertz CT molecular complexity index is 1740. The molecule has 2 N–H and O–H groups in total. The number of para-hydroxylation sites is 2. The van der Waals surface area contributed by atoms with Crippen LogP contribution in [0.15, 0.2) is 89.6 Å². The monoisotopic (exact) mass is 657 g/mol. The number of aryl methyl sites for hydroxylation is 1. The maximum atomic E-state index is 14.1. The summed E-state index contributed by atoms with van der Waals surface area (Å²) >= 11 is 3.51. The Morgan fingerprint density at radius 1 is 1.09 bits per heavy atom. The van der Waals surface area contributed by atoms with Crippen LogP contribution in [0, 0.1) is 5.92 Å². The van der Waals surface area contributed by atoms with Crippen molar-refractivity contribution in [2.45, 2.75) is 38.5 Å². The average Bonchev–Trinajstić information content (AvgIpc) is 3.56. The molecule has 2 amide bonds. The van der Waals surface area contributed by atoms with Crippen molar-refractivity contribution in [2.24, 2.45) is 5.92 Å². The molecule has 11 heteroatoms. The number of aliphatic hydroxyl groups is 2. The van der Waals surface area contributed by atoms with E-state index in [1.54, 1.807) is 26.7 Å². The molecule has 1 aromatic heterocycles. The molecule has 0 bridgehead atoms. The fourth-order valence-electron chi connectivity index (χ4n) is 5.76. The number of hydrogen-bond donors (Lipinski definition) is 2. The lowest BCUT2D eigenvalue weighted by atomic mass is 9.83. The first-order chi connectivity index (χ1) is 21.3. The second kappa shape index (κ2) is 12.4. The minimum absolute atomic E-state index is 0.0187. The van der Waals surface area contributed by atoms with E-state index in [2.05, 4.69) is 26.2 Å². The lowest BCUT2D eigenvalue weighted by molar-refractivity contribution is -0.139. The highest BCUT2D eigenvalue weighted by atomic mass is 79.9. The predicted molar refractivity (Wildman–Crippen MR) is 168 cm³/mol. The summed E-state index contributed by atoms with van der Waals surface area (Å²) in [7, 11) is 0. The highest BCUT2D eigenvalue weighted by Crippen LogP contribution is 2.47. The lowest BCUT2D eigenvalue weighted by Gasteiger charge is -2.30. The number of anilines is 3. The van der Waals surface area contributed by atoms with Crippen LogP contribution in [-0.4, -0.2) is 50.2 Å². The van der Waals surface area contributed by atoms with Crippen molar-refractivity contribution in [2.75, 3.05) is 23.0 Å². The number of fused-ring (bicyclic) bond motifs is 2. The SMILES string of the molecule is C[C@H](/C=C/CCn1cc(CCO)nn1)[C@@]1(O)C(=O)N(Cc2cccc(N3C(=O)COc4ccccc43)c2)c2ccc(Br)cc21. The number of halogens is 1. The molecule has 0 saturated heterocycles. The van der Waals surface area contributed by atoms with Crippen LogP contribution >= 0.6 is 15.9 Å². The van der Waals surface area contributed by atoms with Gasteiger partial charge in [-0.3, -0.25) is 19.2 Å². The molecule has 3 heterocycles. The first kappa shape index (κ1) is 29.7. The van der Waals surface area contributed by atoms with E-state index < -0.39 is 17.4 Å². The van der Waals surface area contributed by atoms with Gasteiger partial charge < -0.3 is 19.8 Å². The molecule has 44 heavy (non-hydrogen) atoms. The summed E-state index contributed by atoms with van der Waals surface area (Å²) in [5, 5.41) is 29.2. The van der Waals surface area contributed by atoms with Gasteiger partial charge in [0.05, 0.1) is 23.6 Å². The summed E-state index contributed by atoms with van der Waals surface area (Å²) in [5.41, 5.74) is 2.28. The van der Waals surface area contributed by atoms with Gasteiger partial charge in [-0.25, -0.2) is 0 Å². The fraction of sp³-hybridized carbons (Fsp3) is 0.273.